The lowest BCUT2D eigenvalue weighted by Gasteiger charge is -2.44. The van der Waals surface area contributed by atoms with Gasteiger partial charge in [0.2, 0.25) is 5.91 Å². The number of likely N-dealkylation sites (tertiary alicyclic amines) is 1. The predicted molar refractivity (Wildman–Crippen MR) is 112 cm³/mol. The van der Waals surface area contributed by atoms with Gasteiger partial charge in [0.1, 0.15) is 6.17 Å². The van der Waals surface area contributed by atoms with Crippen molar-refractivity contribution in [2.45, 2.75) is 87.9 Å². The van der Waals surface area contributed by atoms with Crippen LogP contribution in [0.5, 0.6) is 0 Å². The molecule has 0 aromatic carbocycles. The average molecular weight is 438 g/mol. The summed E-state index contributed by atoms with van der Waals surface area (Å²) in [6.07, 6.45) is 5.03. The number of piperidine rings is 1. The Morgan fingerprint density at radius 3 is 2.90 bits per heavy atom. The van der Waals surface area contributed by atoms with E-state index in [9.17, 15) is 14.3 Å². The van der Waals surface area contributed by atoms with E-state index in [1.807, 2.05) is 0 Å². The maximum atomic E-state index is 13.8. The van der Waals surface area contributed by atoms with E-state index in [2.05, 4.69) is 16.3 Å². The molecule has 0 radical (unpaired) electrons. The average Bonchev–Trinajstić information content (AvgIpc) is 2.90. The SMILES string of the molecule is N#CC1CCC(OC[C@@H](O)CN2CCC[C@@]3(CNC(=O)C4CC(F)CCC4O3)C2)CC1. The van der Waals surface area contributed by atoms with Crippen LogP contribution in [0.25, 0.3) is 0 Å². The van der Waals surface area contributed by atoms with E-state index >= 15 is 0 Å². The molecule has 7 nitrogen and oxygen atoms in total. The number of alkyl halides is 1. The Kier molecular flexibility index (Phi) is 7.48. The van der Waals surface area contributed by atoms with Crippen molar-refractivity contribution in [3.05, 3.63) is 0 Å². The molecule has 4 aliphatic rings. The Morgan fingerprint density at radius 2 is 2.13 bits per heavy atom. The van der Waals surface area contributed by atoms with Crippen molar-refractivity contribution in [2.24, 2.45) is 11.8 Å². The smallest absolute Gasteiger partial charge is 0.225 e. The van der Waals surface area contributed by atoms with Gasteiger partial charge in [0.15, 0.2) is 0 Å². The molecule has 8 heteroatoms. The zero-order valence-electron chi connectivity index (χ0n) is 18.3. The van der Waals surface area contributed by atoms with Crippen LogP contribution in [0.3, 0.4) is 0 Å². The second-order valence-electron chi connectivity index (χ2n) is 10.0. The van der Waals surface area contributed by atoms with E-state index in [-0.39, 0.29) is 30.5 Å². The molecule has 2 aliphatic carbocycles. The number of halogens is 1. The monoisotopic (exact) mass is 437 g/mol. The predicted octanol–water partition coefficient (Wildman–Crippen LogP) is 1.93. The summed E-state index contributed by atoms with van der Waals surface area (Å²) in [5, 5.41) is 22.6. The molecule has 1 spiro atoms. The summed E-state index contributed by atoms with van der Waals surface area (Å²) in [6.45, 7) is 2.78. The molecule has 4 rings (SSSR count). The van der Waals surface area contributed by atoms with Gasteiger partial charge in [0.05, 0.1) is 42.5 Å². The highest BCUT2D eigenvalue weighted by molar-refractivity contribution is 5.79. The number of nitriles is 1. The van der Waals surface area contributed by atoms with Gasteiger partial charge < -0.3 is 19.9 Å². The first-order valence-corrected chi connectivity index (χ1v) is 12.0. The fourth-order valence-electron chi connectivity index (χ4n) is 5.79. The highest BCUT2D eigenvalue weighted by Crippen LogP contribution is 2.37. The minimum absolute atomic E-state index is 0.0825. The van der Waals surface area contributed by atoms with Gasteiger partial charge in [-0.1, -0.05) is 0 Å². The van der Waals surface area contributed by atoms with E-state index in [1.165, 1.54) is 0 Å². The van der Waals surface area contributed by atoms with Crippen molar-refractivity contribution >= 4 is 5.91 Å². The maximum Gasteiger partial charge on any atom is 0.225 e. The molecule has 3 unspecified atom stereocenters. The van der Waals surface area contributed by atoms with Crippen molar-refractivity contribution in [3.63, 3.8) is 0 Å². The number of fused-ring (bicyclic) bond motifs is 1. The second-order valence-corrected chi connectivity index (χ2v) is 10.0. The number of nitrogens with one attached hydrogen (secondary N) is 1. The lowest BCUT2D eigenvalue weighted by molar-refractivity contribution is -0.151. The minimum atomic E-state index is -0.919. The molecule has 2 N–H and O–H groups in total. The quantitative estimate of drug-likeness (QED) is 0.683. The lowest BCUT2D eigenvalue weighted by Crippen LogP contribution is -2.56. The van der Waals surface area contributed by atoms with Crippen molar-refractivity contribution in [1.82, 2.24) is 10.2 Å². The summed E-state index contributed by atoms with van der Waals surface area (Å²) in [5.41, 5.74) is -0.466. The van der Waals surface area contributed by atoms with Crippen LogP contribution in [0.1, 0.15) is 57.8 Å². The first kappa shape index (κ1) is 22.9. The molecule has 0 aromatic rings. The number of hydrogen-bond acceptors (Lipinski definition) is 6. The molecule has 4 fully saturated rings. The number of hydrogen-bond donors (Lipinski definition) is 2. The van der Waals surface area contributed by atoms with Crippen LogP contribution in [-0.2, 0) is 14.3 Å². The van der Waals surface area contributed by atoms with E-state index in [0.717, 1.165) is 45.1 Å². The number of rotatable bonds is 5. The molecular formula is C23H36FN3O4. The summed E-state index contributed by atoms with van der Waals surface area (Å²) in [7, 11) is 0. The number of amides is 1. The van der Waals surface area contributed by atoms with Gasteiger partial charge in [-0.15, -0.1) is 0 Å². The van der Waals surface area contributed by atoms with E-state index < -0.39 is 23.8 Å². The van der Waals surface area contributed by atoms with Gasteiger partial charge in [-0.3, -0.25) is 9.69 Å². The van der Waals surface area contributed by atoms with Crippen LogP contribution >= 0.6 is 0 Å². The van der Waals surface area contributed by atoms with E-state index in [4.69, 9.17) is 14.7 Å². The van der Waals surface area contributed by atoms with Gasteiger partial charge in [0, 0.05) is 25.6 Å². The van der Waals surface area contributed by atoms with Gasteiger partial charge in [-0.05, 0) is 64.3 Å². The first-order chi connectivity index (χ1) is 15.0. The Morgan fingerprint density at radius 1 is 1.32 bits per heavy atom. The van der Waals surface area contributed by atoms with Gasteiger partial charge in [0.25, 0.3) is 0 Å². The zero-order valence-corrected chi connectivity index (χ0v) is 18.3. The fraction of sp³-hybridized carbons (Fsp3) is 0.913. The minimum Gasteiger partial charge on any atom is -0.389 e. The maximum absolute atomic E-state index is 13.8. The van der Waals surface area contributed by atoms with Crippen LogP contribution in [0.4, 0.5) is 4.39 Å². The first-order valence-electron chi connectivity index (χ1n) is 12.0. The number of β-amino-alcohol motifs (C(OH)–C–C–N with tert-alkyl or cyclic N) is 1. The van der Waals surface area contributed by atoms with Crippen LogP contribution in [-0.4, -0.2) is 78.8 Å². The lowest BCUT2D eigenvalue weighted by atomic mass is 9.84. The Bertz CT molecular complexity index is 666. The standard InChI is InChI=1S/C23H36FN3O4/c24-17-4-7-21-20(10-17)22(29)26-14-23(31-21)8-1-9-27(15-23)12-18(28)13-30-19-5-2-16(11-25)3-6-19/h16-21,28H,1-10,12-15H2,(H,26,29)/t16?,17?,18-,19?,20?,21?,23+/m0/s1. The Labute approximate surface area is 184 Å². The highest BCUT2D eigenvalue weighted by atomic mass is 19.1. The van der Waals surface area contributed by atoms with E-state index in [1.54, 1.807) is 0 Å². The molecule has 174 valence electrons. The molecule has 31 heavy (non-hydrogen) atoms. The number of aliphatic hydroxyl groups is 1. The van der Waals surface area contributed by atoms with Crippen LogP contribution in [0, 0.1) is 23.2 Å². The molecular weight excluding hydrogens is 401 g/mol. The number of aliphatic hydroxyl groups excluding tert-OH is 1. The summed E-state index contributed by atoms with van der Waals surface area (Å²) in [5.74, 6) is -0.330. The van der Waals surface area contributed by atoms with E-state index in [0.29, 0.717) is 39.1 Å². The number of ether oxygens (including phenoxy) is 2. The molecule has 2 heterocycles. The van der Waals surface area contributed by atoms with Gasteiger partial charge in [-0.25, -0.2) is 4.39 Å². The highest BCUT2D eigenvalue weighted by Gasteiger charge is 2.47. The third kappa shape index (κ3) is 5.75. The largest absolute Gasteiger partial charge is 0.389 e. The summed E-state index contributed by atoms with van der Waals surface area (Å²) in [6, 6.07) is 2.33. The summed E-state index contributed by atoms with van der Waals surface area (Å²) >= 11 is 0. The third-order valence-corrected chi connectivity index (χ3v) is 7.51. The zero-order chi connectivity index (χ0) is 21.8. The molecule has 0 aromatic heterocycles. The molecule has 0 bridgehead atoms. The second kappa shape index (κ2) is 10.1. The molecule has 2 saturated heterocycles. The van der Waals surface area contributed by atoms with Crippen LogP contribution in [0.15, 0.2) is 0 Å². The van der Waals surface area contributed by atoms with Crippen molar-refractivity contribution in [1.29, 1.82) is 5.26 Å². The van der Waals surface area contributed by atoms with Crippen molar-refractivity contribution < 1.29 is 23.8 Å². The van der Waals surface area contributed by atoms with Crippen molar-refractivity contribution in [2.75, 3.05) is 32.8 Å². The topological polar surface area (TPSA) is 94.8 Å². The van der Waals surface area contributed by atoms with Crippen molar-refractivity contribution in [3.8, 4) is 6.07 Å². The summed E-state index contributed by atoms with van der Waals surface area (Å²) in [4.78, 5) is 14.7. The number of nitrogens with zero attached hydrogens (tertiary/aromatic N) is 2. The Hall–Kier alpha value is -1.27. The molecule has 5 atom stereocenters. The van der Waals surface area contributed by atoms with Crippen LogP contribution < -0.4 is 5.32 Å². The molecule has 1 amide bonds. The fourth-order valence-corrected chi connectivity index (χ4v) is 5.79. The van der Waals surface area contributed by atoms with Gasteiger partial charge >= 0.3 is 0 Å². The normalized spacial score (nSPS) is 40.4. The number of carbonyl (C=O) groups is 1. The van der Waals surface area contributed by atoms with Gasteiger partial charge in [-0.2, -0.15) is 5.26 Å². The summed E-state index contributed by atoms with van der Waals surface area (Å²) < 4.78 is 26.3. The number of carbonyl (C=O) groups excluding carboxylic acids is 1. The third-order valence-electron chi connectivity index (χ3n) is 7.51. The van der Waals surface area contributed by atoms with Crippen LogP contribution in [0.2, 0.25) is 0 Å². The molecule has 2 saturated carbocycles. The molecule has 2 aliphatic heterocycles. The Balaban J connectivity index is 1.27.